The fourth-order valence-electron chi connectivity index (χ4n) is 3.00. The lowest BCUT2D eigenvalue weighted by molar-refractivity contribution is -0.117. The van der Waals surface area contributed by atoms with Crippen LogP contribution < -0.4 is 4.80 Å². The second-order valence-electron chi connectivity index (χ2n) is 6.78. The first-order valence-electron chi connectivity index (χ1n) is 9.29. The Kier molecular flexibility index (Phi) is 6.97. The predicted octanol–water partition coefficient (Wildman–Crippen LogP) is 3.70. The molecule has 0 radical (unpaired) electrons. The van der Waals surface area contributed by atoms with E-state index in [0.29, 0.717) is 4.80 Å². The molecule has 1 heterocycles. The van der Waals surface area contributed by atoms with E-state index in [1.165, 1.54) is 35.3 Å². The molecule has 0 aliphatic rings. The molecule has 0 saturated carbocycles. The number of thioether (sulfide) groups is 1. The second kappa shape index (κ2) is 9.28. The van der Waals surface area contributed by atoms with Gasteiger partial charge < -0.3 is 4.57 Å². The molecule has 2 aromatic carbocycles. The number of benzene rings is 2. The number of amides is 1. The average Bonchev–Trinajstić information content (AvgIpc) is 3.01. The lowest BCUT2D eigenvalue weighted by atomic mass is 10.1. The molecule has 0 fully saturated rings. The monoisotopic (exact) mass is 448 g/mol. The number of aryl methyl sites for hydroxylation is 2. The van der Waals surface area contributed by atoms with Crippen molar-refractivity contribution in [1.29, 1.82) is 0 Å². The third kappa shape index (κ3) is 5.38. The summed E-state index contributed by atoms with van der Waals surface area (Å²) in [5.41, 5.74) is 3.11. The van der Waals surface area contributed by atoms with Crippen molar-refractivity contribution in [3.05, 3.63) is 58.4 Å². The van der Waals surface area contributed by atoms with Gasteiger partial charge in [0.15, 0.2) is 14.6 Å². The van der Waals surface area contributed by atoms with Crippen LogP contribution >= 0.6 is 23.1 Å². The molecule has 1 amide bonds. The van der Waals surface area contributed by atoms with Gasteiger partial charge in [-0.2, -0.15) is 16.8 Å². The number of rotatable bonds is 7. The van der Waals surface area contributed by atoms with Crippen LogP contribution in [0.25, 0.3) is 10.2 Å². The number of sulfone groups is 1. The van der Waals surface area contributed by atoms with Gasteiger partial charge in [0.1, 0.15) is 0 Å². The SMILES string of the molecule is CCc1ccc2c(c1)sc(=NC(=O)Cc1ccc(S(C)(=O)=O)cc1)n2CCSC. The Morgan fingerprint density at radius 3 is 2.45 bits per heavy atom. The minimum Gasteiger partial charge on any atom is -0.316 e. The molecule has 0 unspecified atom stereocenters. The van der Waals surface area contributed by atoms with Gasteiger partial charge in [0.2, 0.25) is 0 Å². The van der Waals surface area contributed by atoms with E-state index in [2.05, 4.69) is 40.9 Å². The van der Waals surface area contributed by atoms with E-state index in [0.717, 1.165) is 34.5 Å². The molecule has 0 bridgehead atoms. The van der Waals surface area contributed by atoms with Crippen LogP contribution in [0.1, 0.15) is 18.1 Å². The van der Waals surface area contributed by atoms with Gasteiger partial charge >= 0.3 is 0 Å². The number of thiazole rings is 1. The van der Waals surface area contributed by atoms with Gasteiger partial charge in [-0.15, -0.1) is 0 Å². The molecule has 154 valence electrons. The molecule has 8 heteroatoms. The van der Waals surface area contributed by atoms with Gasteiger partial charge in [0.25, 0.3) is 5.91 Å². The summed E-state index contributed by atoms with van der Waals surface area (Å²) in [5.74, 6) is 0.702. The van der Waals surface area contributed by atoms with Crippen LogP contribution in [0.4, 0.5) is 0 Å². The Morgan fingerprint density at radius 2 is 1.83 bits per heavy atom. The molecular formula is C21H24N2O3S3. The van der Waals surface area contributed by atoms with Crippen molar-refractivity contribution in [1.82, 2.24) is 4.57 Å². The Labute approximate surface area is 179 Å². The van der Waals surface area contributed by atoms with Crippen LogP contribution in [0, 0.1) is 0 Å². The fraction of sp³-hybridized carbons (Fsp3) is 0.333. The van der Waals surface area contributed by atoms with E-state index in [1.807, 2.05) is 0 Å². The standard InChI is InChI=1S/C21H24N2O3S3/c1-4-15-7-10-18-19(13-15)28-21(23(18)11-12-27-2)22-20(24)14-16-5-8-17(9-6-16)29(3,25)26/h5-10,13H,4,11-12,14H2,1-3H3. The second-order valence-corrected chi connectivity index (χ2v) is 10.8. The quantitative estimate of drug-likeness (QED) is 0.553. The van der Waals surface area contributed by atoms with Gasteiger partial charge in [0.05, 0.1) is 21.5 Å². The lowest BCUT2D eigenvalue weighted by Crippen LogP contribution is -2.18. The molecule has 0 saturated heterocycles. The fourth-order valence-corrected chi connectivity index (χ4v) is 5.13. The molecule has 0 atom stereocenters. The van der Waals surface area contributed by atoms with Crippen LogP contribution in [0.3, 0.4) is 0 Å². The van der Waals surface area contributed by atoms with Crippen molar-refractivity contribution >= 4 is 49.1 Å². The normalized spacial score (nSPS) is 12.6. The third-order valence-electron chi connectivity index (χ3n) is 4.60. The van der Waals surface area contributed by atoms with Crippen molar-refractivity contribution in [2.24, 2.45) is 4.99 Å². The maximum absolute atomic E-state index is 12.6. The highest BCUT2D eigenvalue weighted by atomic mass is 32.2. The maximum Gasteiger partial charge on any atom is 0.252 e. The van der Waals surface area contributed by atoms with Gasteiger partial charge in [0, 0.05) is 18.6 Å². The van der Waals surface area contributed by atoms with Crippen molar-refractivity contribution in [2.75, 3.05) is 18.3 Å². The minimum absolute atomic E-state index is 0.140. The smallest absolute Gasteiger partial charge is 0.252 e. The summed E-state index contributed by atoms with van der Waals surface area (Å²) in [6.45, 7) is 2.92. The molecule has 0 N–H and O–H groups in total. The van der Waals surface area contributed by atoms with Gasteiger partial charge in [-0.25, -0.2) is 8.42 Å². The van der Waals surface area contributed by atoms with E-state index in [-0.39, 0.29) is 17.2 Å². The summed E-state index contributed by atoms with van der Waals surface area (Å²) in [6, 6.07) is 12.8. The van der Waals surface area contributed by atoms with Crippen molar-refractivity contribution in [3.63, 3.8) is 0 Å². The third-order valence-corrected chi connectivity index (χ3v) is 7.36. The summed E-state index contributed by atoms with van der Waals surface area (Å²) in [5, 5.41) is 0. The summed E-state index contributed by atoms with van der Waals surface area (Å²) in [4.78, 5) is 17.9. The number of hydrogen-bond acceptors (Lipinski definition) is 5. The van der Waals surface area contributed by atoms with E-state index in [4.69, 9.17) is 0 Å². The average molecular weight is 449 g/mol. The van der Waals surface area contributed by atoms with E-state index < -0.39 is 9.84 Å². The molecule has 5 nitrogen and oxygen atoms in total. The van der Waals surface area contributed by atoms with Gasteiger partial charge in [-0.1, -0.05) is 36.5 Å². The summed E-state index contributed by atoms with van der Waals surface area (Å²) in [7, 11) is -3.24. The zero-order valence-electron chi connectivity index (χ0n) is 16.7. The van der Waals surface area contributed by atoms with Gasteiger partial charge in [-0.05, 0) is 48.1 Å². The zero-order chi connectivity index (χ0) is 21.0. The molecule has 0 aliphatic carbocycles. The van der Waals surface area contributed by atoms with Crippen molar-refractivity contribution < 1.29 is 13.2 Å². The maximum atomic E-state index is 12.6. The van der Waals surface area contributed by atoms with E-state index in [1.54, 1.807) is 23.9 Å². The largest absolute Gasteiger partial charge is 0.316 e. The number of fused-ring (bicyclic) bond motifs is 1. The number of carbonyl (C=O) groups is 1. The highest BCUT2D eigenvalue weighted by molar-refractivity contribution is 7.98. The molecular weight excluding hydrogens is 424 g/mol. The van der Waals surface area contributed by atoms with E-state index >= 15 is 0 Å². The Morgan fingerprint density at radius 1 is 1.14 bits per heavy atom. The van der Waals surface area contributed by atoms with E-state index in [9.17, 15) is 13.2 Å². The number of nitrogens with zero attached hydrogens (tertiary/aromatic N) is 2. The van der Waals surface area contributed by atoms with Crippen LogP contribution in [-0.2, 0) is 34.0 Å². The number of aromatic nitrogens is 1. The minimum atomic E-state index is -3.24. The first-order chi connectivity index (χ1) is 13.8. The van der Waals surface area contributed by atoms with Crippen LogP contribution in [0.2, 0.25) is 0 Å². The molecule has 3 rings (SSSR count). The first-order valence-corrected chi connectivity index (χ1v) is 13.4. The van der Waals surface area contributed by atoms with Crippen LogP contribution in [-0.4, -0.2) is 37.2 Å². The topological polar surface area (TPSA) is 68.5 Å². The van der Waals surface area contributed by atoms with Crippen LogP contribution in [0.15, 0.2) is 52.4 Å². The summed E-state index contributed by atoms with van der Waals surface area (Å²) in [6.07, 6.45) is 4.34. The Bertz CT molecular complexity index is 1190. The number of carbonyl (C=O) groups excluding carboxylic acids is 1. The van der Waals surface area contributed by atoms with Crippen molar-refractivity contribution in [2.45, 2.75) is 31.2 Å². The number of hydrogen-bond donors (Lipinski definition) is 0. The van der Waals surface area contributed by atoms with Gasteiger partial charge in [-0.3, -0.25) is 4.79 Å². The van der Waals surface area contributed by atoms with Crippen LogP contribution in [0.5, 0.6) is 0 Å². The highest BCUT2D eigenvalue weighted by Crippen LogP contribution is 2.20. The summed E-state index contributed by atoms with van der Waals surface area (Å²) < 4.78 is 26.4. The summed E-state index contributed by atoms with van der Waals surface area (Å²) >= 11 is 3.29. The zero-order valence-corrected chi connectivity index (χ0v) is 19.2. The predicted molar refractivity (Wildman–Crippen MR) is 121 cm³/mol. The molecule has 0 spiro atoms. The molecule has 0 aliphatic heterocycles. The first kappa shape index (κ1) is 21.8. The van der Waals surface area contributed by atoms with Crippen molar-refractivity contribution in [3.8, 4) is 0 Å². The molecule has 29 heavy (non-hydrogen) atoms. The highest BCUT2D eigenvalue weighted by Gasteiger charge is 2.10. The lowest BCUT2D eigenvalue weighted by Gasteiger charge is -2.04. The molecule has 3 aromatic rings. The Balaban J connectivity index is 1.92. The molecule has 1 aromatic heterocycles. The Hall–Kier alpha value is -1.90.